The largest absolute Gasteiger partial charge is 0.313 e. The Morgan fingerprint density at radius 2 is 1.79 bits per heavy atom. The molecule has 1 fully saturated rings. The van der Waals surface area contributed by atoms with Gasteiger partial charge in [-0.1, -0.05) is 20.8 Å². The van der Waals surface area contributed by atoms with Crippen LogP contribution < -0.4 is 5.32 Å². The Morgan fingerprint density at radius 3 is 2.32 bits per heavy atom. The molecule has 0 heterocycles. The zero-order valence-corrected chi connectivity index (χ0v) is 12.0. The molecule has 0 bridgehead atoms. The lowest BCUT2D eigenvalue weighted by atomic mass is 9.91. The molecule has 106 valence electrons. The second-order valence-corrected chi connectivity index (χ2v) is 6.64. The Hall–Kier alpha value is -0.960. The smallest absolute Gasteiger partial charge is 0.126 e. The van der Waals surface area contributed by atoms with Gasteiger partial charge in [-0.05, 0) is 54.8 Å². The van der Waals surface area contributed by atoms with E-state index in [0.29, 0.717) is 23.8 Å². The highest BCUT2D eigenvalue weighted by atomic mass is 19.1. The van der Waals surface area contributed by atoms with Gasteiger partial charge in [-0.2, -0.15) is 0 Å². The fourth-order valence-electron chi connectivity index (χ4n) is 3.32. The minimum absolute atomic E-state index is 0.405. The van der Waals surface area contributed by atoms with Crippen molar-refractivity contribution < 1.29 is 8.78 Å². The number of hydrogen-bond donors (Lipinski definition) is 1. The fraction of sp³-hybridized carbons (Fsp3) is 0.625. The number of rotatable bonds is 4. The average molecular weight is 267 g/mol. The summed E-state index contributed by atoms with van der Waals surface area (Å²) in [6, 6.07) is 4.26. The second-order valence-electron chi connectivity index (χ2n) is 6.64. The van der Waals surface area contributed by atoms with Crippen molar-refractivity contribution in [1.29, 1.82) is 0 Å². The first-order valence-electron chi connectivity index (χ1n) is 7.04. The third kappa shape index (κ3) is 4.00. The standard InChI is InChI=1S/C16H23F2N/c1-11-9-16(2,3)10-15(11)19-5-4-12-6-13(17)8-14(18)7-12/h6-8,11,15,19H,4-5,9-10H2,1-3H3. The van der Waals surface area contributed by atoms with Gasteiger partial charge >= 0.3 is 0 Å². The average Bonchev–Trinajstić information content (AvgIpc) is 2.50. The van der Waals surface area contributed by atoms with Crippen LogP contribution in [0, 0.1) is 23.0 Å². The molecule has 0 spiro atoms. The fourth-order valence-corrected chi connectivity index (χ4v) is 3.32. The highest BCUT2D eigenvalue weighted by Crippen LogP contribution is 2.40. The van der Waals surface area contributed by atoms with Gasteiger partial charge in [-0.15, -0.1) is 0 Å². The van der Waals surface area contributed by atoms with Crippen LogP contribution in [0.2, 0.25) is 0 Å². The second kappa shape index (κ2) is 5.58. The molecular weight excluding hydrogens is 244 g/mol. The number of halogens is 2. The van der Waals surface area contributed by atoms with Crippen molar-refractivity contribution >= 4 is 0 Å². The molecule has 1 aliphatic rings. The van der Waals surface area contributed by atoms with Crippen LogP contribution in [0.25, 0.3) is 0 Å². The van der Waals surface area contributed by atoms with E-state index < -0.39 is 11.6 Å². The van der Waals surface area contributed by atoms with Crippen LogP contribution in [0.1, 0.15) is 39.2 Å². The number of benzene rings is 1. The van der Waals surface area contributed by atoms with Gasteiger partial charge in [0.15, 0.2) is 0 Å². The SMILES string of the molecule is CC1CC(C)(C)CC1NCCc1cc(F)cc(F)c1. The van der Waals surface area contributed by atoms with Crippen LogP contribution in [0.3, 0.4) is 0 Å². The highest BCUT2D eigenvalue weighted by molar-refractivity contribution is 5.18. The molecule has 19 heavy (non-hydrogen) atoms. The minimum atomic E-state index is -0.495. The Morgan fingerprint density at radius 1 is 1.16 bits per heavy atom. The molecule has 1 aromatic carbocycles. The summed E-state index contributed by atoms with van der Waals surface area (Å²) in [5, 5.41) is 3.53. The number of hydrogen-bond acceptors (Lipinski definition) is 1. The maximum atomic E-state index is 13.1. The van der Waals surface area contributed by atoms with E-state index in [4.69, 9.17) is 0 Å². The Labute approximate surface area is 114 Å². The summed E-state index contributed by atoms with van der Waals surface area (Å²) in [4.78, 5) is 0. The zero-order chi connectivity index (χ0) is 14.0. The summed E-state index contributed by atoms with van der Waals surface area (Å²) >= 11 is 0. The van der Waals surface area contributed by atoms with Gasteiger partial charge in [0.1, 0.15) is 11.6 Å². The summed E-state index contributed by atoms with van der Waals surface area (Å²) in [7, 11) is 0. The molecule has 1 nitrogen and oxygen atoms in total. The third-order valence-electron chi connectivity index (χ3n) is 4.08. The van der Waals surface area contributed by atoms with Gasteiger partial charge in [0.25, 0.3) is 0 Å². The molecule has 0 aromatic heterocycles. The van der Waals surface area contributed by atoms with Crippen molar-refractivity contribution in [1.82, 2.24) is 5.32 Å². The Kier molecular flexibility index (Phi) is 4.24. The predicted molar refractivity (Wildman–Crippen MR) is 74.0 cm³/mol. The molecular formula is C16H23F2N. The summed E-state index contributed by atoms with van der Waals surface area (Å²) in [5.41, 5.74) is 1.12. The first-order chi connectivity index (χ1) is 8.85. The van der Waals surface area contributed by atoms with E-state index in [2.05, 4.69) is 26.1 Å². The lowest BCUT2D eigenvalue weighted by molar-refractivity contribution is 0.362. The molecule has 0 radical (unpaired) electrons. The maximum Gasteiger partial charge on any atom is 0.126 e. The highest BCUT2D eigenvalue weighted by Gasteiger charge is 2.35. The Bertz CT molecular complexity index is 422. The lowest BCUT2D eigenvalue weighted by Crippen LogP contribution is -2.33. The van der Waals surface area contributed by atoms with Crippen molar-refractivity contribution in [3.05, 3.63) is 35.4 Å². The van der Waals surface area contributed by atoms with E-state index in [1.165, 1.54) is 25.0 Å². The molecule has 1 aromatic rings. The van der Waals surface area contributed by atoms with Crippen molar-refractivity contribution in [2.45, 2.75) is 46.1 Å². The third-order valence-corrected chi connectivity index (χ3v) is 4.08. The first kappa shape index (κ1) is 14.4. The predicted octanol–water partition coefficient (Wildman–Crippen LogP) is 3.92. The van der Waals surface area contributed by atoms with Crippen LogP contribution in [0.5, 0.6) is 0 Å². The molecule has 1 saturated carbocycles. The van der Waals surface area contributed by atoms with E-state index in [0.717, 1.165) is 18.2 Å². The van der Waals surface area contributed by atoms with Crippen molar-refractivity contribution in [3.63, 3.8) is 0 Å². The van der Waals surface area contributed by atoms with E-state index in [1.807, 2.05) is 0 Å². The first-order valence-corrected chi connectivity index (χ1v) is 7.04. The monoisotopic (exact) mass is 267 g/mol. The van der Waals surface area contributed by atoms with Gasteiger partial charge < -0.3 is 5.32 Å². The molecule has 0 aliphatic heterocycles. The summed E-state index contributed by atoms with van der Waals surface area (Å²) in [6.45, 7) is 7.64. The van der Waals surface area contributed by atoms with Crippen molar-refractivity contribution in [3.8, 4) is 0 Å². The number of nitrogens with one attached hydrogen (secondary N) is 1. The minimum Gasteiger partial charge on any atom is -0.313 e. The van der Waals surface area contributed by atoms with Gasteiger partial charge in [0.2, 0.25) is 0 Å². The zero-order valence-electron chi connectivity index (χ0n) is 12.0. The van der Waals surface area contributed by atoms with Crippen molar-refractivity contribution in [2.75, 3.05) is 6.54 Å². The van der Waals surface area contributed by atoms with Gasteiger partial charge in [-0.3, -0.25) is 0 Å². The summed E-state index contributed by atoms with van der Waals surface area (Å²) in [6.07, 6.45) is 3.07. The molecule has 3 heteroatoms. The van der Waals surface area contributed by atoms with Crippen LogP contribution in [-0.2, 0) is 6.42 Å². The van der Waals surface area contributed by atoms with Crippen LogP contribution in [0.4, 0.5) is 8.78 Å². The van der Waals surface area contributed by atoms with E-state index in [1.54, 1.807) is 0 Å². The molecule has 2 unspecified atom stereocenters. The quantitative estimate of drug-likeness (QED) is 0.871. The van der Waals surface area contributed by atoms with Gasteiger partial charge in [-0.25, -0.2) is 8.78 Å². The summed E-state index contributed by atoms with van der Waals surface area (Å²) < 4.78 is 26.1. The molecule has 0 amide bonds. The van der Waals surface area contributed by atoms with Gasteiger partial charge in [0.05, 0.1) is 0 Å². The maximum absolute atomic E-state index is 13.1. The van der Waals surface area contributed by atoms with Gasteiger partial charge in [0, 0.05) is 12.1 Å². The van der Waals surface area contributed by atoms with E-state index in [9.17, 15) is 8.78 Å². The van der Waals surface area contributed by atoms with Crippen LogP contribution in [-0.4, -0.2) is 12.6 Å². The van der Waals surface area contributed by atoms with Crippen molar-refractivity contribution in [2.24, 2.45) is 11.3 Å². The Balaban J connectivity index is 1.84. The van der Waals surface area contributed by atoms with E-state index in [-0.39, 0.29) is 0 Å². The molecule has 0 saturated heterocycles. The summed E-state index contributed by atoms with van der Waals surface area (Å²) in [5.74, 6) is -0.324. The molecule has 1 N–H and O–H groups in total. The van der Waals surface area contributed by atoms with E-state index >= 15 is 0 Å². The normalized spacial score (nSPS) is 25.7. The lowest BCUT2D eigenvalue weighted by Gasteiger charge is -2.18. The molecule has 2 atom stereocenters. The molecule has 1 aliphatic carbocycles. The topological polar surface area (TPSA) is 12.0 Å². The van der Waals surface area contributed by atoms with Crippen LogP contribution >= 0.6 is 0 Å². The molecule has 2 rings (SSSR count). The van der Waals surface area contributed by atoms with Crippen LogP contribution in [0.15, 0.2) is 18.2 Å².